The summed E-state index contributed by atoms with van der Waals surface area (Å²) in [6.07, 6.45) is 10.4. The molecule has 30 heavy (non-hydrogen) atoms. The van der Waals surface area contributed by atoms with Gasteiger partial charge < -0.3 is 14.6 Å². The van der Waals surface area contributed by atoms with E-state index in [2.05, 4.69) is 45.9 Å². The zero-order valence-electron chi connectivity index (χ0n) is 19.6. The molecule has 168 valence electrons. The summed E-state index contributed by atoms with van der Waals surface area (Å²) in [4.78, 5) is 0. The summed E-state index contributed by atoms with van der Waals surface area (Å²) in [5.41, 5.74) is 2.17. The monoisotopic (exact) mass is 414 g/mol. The normalized spacial score (nSPS) is 37.4. The largest absolute Gasteiger partial charge is 0.494 e. The summed E-state index contributed by atoms with van der Waals surface area (Å²) in [6, 6.07) is 6.64. The quantitative estimate of drug-likeness (QED) is 0.510. The van der Waals surface area contributed by atoms with Crippen LogP contribution < -0.4 is 4.74 Å². The molecule has 3 aliphatic carbocycles. The fourth-order valence-corrected chi connectivity index (χ4v) is 7.18. The molecule has 0 radical (unpaired) electrons. The third-order valence-corrected chi connectivity index (χ3v) is 8.46. The SMILES string of the molecule is CCCCOc1ccc2c(c1)CCC1C2[C@@](C)(O)C[C@@]2(C)C1CC[C@@H]2OCCCC. The Labute approximate surface area is 183 Å². The van der Waals surface area contributed by atoms with Crippen molar-refractivity contribution in [3.63, 3.8) is 0 Å². The van der Waals surface area contributed by atoms with Crippen LogP contribution in [0.15, 0.2) is 18.2 Å². The molecule has 0 heterocycles. The van der Waals surface area contributed by atoms with Gasteiger partial charge in [-0.25, -0.2) is 0 Å². The van der Waals surface area contributed by atoms with Gasteiger partial charge in [-0.2, -0.15) is 0 Å². The lowest BCUT2D eigenvalue weighted by Gasteiger charge is -2.57. The van der Waals surface area contributed by atoms with Gasteiger partial charge >= 0.3 is 0 Å². The van der Waals surface area contributed by atoms with Crippen LogP contribution in [0.5, 0.6) is 5.75 Å². The second kappa shape index (κ2) is 8.82. The van der Waals surface area contributed by atoms with Gasteiger partial charge in [-0.1, -0.05) is 39.7 Å². The Morgan fingerprint density at radius 3 is 2.57 bits per heavy atom. The van der Waals surface area contributed by atoms with Gasteiger partial charge in [0.15, 0.2) is 0 Å². The lowest BCUT2D eigenvalue weighted by atomic mass is 9.50. The van der Waals surface area contributed by atoms with E-state index in [0.29, 0.717) is 17.9 Å². The van der Waals surface area contributed by atoms with Crippen LogP contribution in [0.3, 0.4) is 0 Å². The second-order valence-corrected chi connectivity index (χ2v) is 10.7. The molecule has 3 aliphatic rings. The lowest BCUT2D eigenvalue weighted by molar-refractivity contribution is -0.142. The van der Waals surface area contributed by atoms with E-state index >= 15 is 0 Å². The minimum atomic E-state index is -0.688. The molecule has 0 aliphatic heterocycles. The van der Waals surface area contributed by atoms with E-state index < -0.39 is 5.60 Å². The summed E-state index contributed by atoms with van der Waals surface area (Å²) in [6.45, 7) is 10.6. The van der Waals surface area contributed by atoms with Crippen LogP contribution in [0, 0.1) is 17.3 Å². The van der Waals surface area contributed by atoms with Crippen molar-refractivity contribution in [2.75, 3.05) is 13.2 Å². The Balaban J connectivity index is 1.57. The highest BCUT2D eigenvalue weighted by atomic mass is 16.5. The number of ether oxygens (including phenoxy) is 2. The van der Waals surface area contributed by atoms with Gasteiger partial charge in [0.25, 0.3) is 0 Å². The standard InChI is InChI=1S/C27H42O3/c1-5-7-15-29-20-10-12-21-19(17-20)9-11-22-23-13-14-24(30-16-8-6-2)26(23,3)18-27(4,28)25(21)22/h10,12,17,22-25,28H,5-9,11,13-16,18H2,1-4H3/t22?,23?,24-,25?,26-,27-/m0/s1. The summed E-state index contributed by atoms with van der Waals surface area (Å²) < 4.78 is 12.4. The Hall–Kier alpha value is -1.06. The maximum absolute atomic E-state index is 11.8. The van der Waals surface area contributed by atoms with Crippen molar-refractivity contribution in [2.45, 2.75) is 103 Å². The smallest absolute Gasteiger partial charge is 0.119 e. The first-order valence-electron chi connectivity index (χ1n) is 12.5. The summed E-state index contributed by atoms with van der Waals surface area (Å²) in [7, 11) is 0. The van der Waals surface area contributed by atoms with Crippen LogP contribution in [-0.4, -0.2) is 30.0 Å². The van der Waals surface area contributed by atoms with Gasteiger partial charge in [-0.15, -0.1) is 0 Å². The molecular formula is C27H42O3. The third-order valence-electron chi connectivity index (χ3n) is 8.46. The molecule has 0 saturated heterocycles. The van der Waals surface area contributed by atoms with Crippen LogP contribution in [0.2, 0.25) is 0 Å². The number of hydrogen-bond donors (Lipinski definition) is 1. The molecule has 2 saturated carbocycles. The van der Waals surface area contributed by atoms with Crippen molar-refractivity contribution in [1.82, 2.24) is 0 Å². The molecule has 1 aromatic carbocycles. The summed E-state index contributed by atoms with van der Waals surface area (Å²) in [5.74, 6) is 2.44. The van der Waals surface area contributed by atoms with Crippen LogP contribution in [0.25, 0.3) is 0 Å². The zero-order chi connectivity index (χ0) is 21.4. The van der Waals surface area contributed by atoms with Crippen molar-refractivity contribution < 1.29 is 14.6 Å². The highest BCUT2D eigenvalue weighted by molar-refractivity contribution is 5.42. The minimum Gasteiger partial charge on any atom is -0.494 e. The molecule has 3 unspecified atom stereocenters. The van der Waals surface area contributed by atoms with Crippen molar-refractivity contribution in [3.8, 4) is 5.75 Å². The van der Waals surface area contributed by atoms with E-state index in [1.54, 1.807) is 0 Å². The second-order valence-electron chi connectivity index (χ2n) is 10.7. The first-order chi connectivity index (χ1) is 14.4. The average molecular weight is 415 g/mol. The maximum Gasteiger partial charge on any atom is 0.119 e. The molecule has 0 amide bonds. The molecular weight excluding hydrogens is 372 g/mol. The minimum absolute atomic E-state index is 0.0963. The predicted octanol–water partition coefficient (Wildman–Crippen LogP) is 6.27. The first kappa shape index (κ1) is 22.1. The number of aliphatic hydroxyl groups is 1. The molecule has 1 aromatic rings. The van der Waals surface area contributed by atoms with E-state index in [1.807, 2.05) is 0 Å². The van der Waals surface area contributed by atoms with Gasteiger partial charge in [-0.05, 0) is 92.4 Å². The van der Waals surface area contributed by atoms with Gasteiger partial charge in [-0.3, -0.25) is 0 Å². The molecule has 0 spiro atoms. The number of hydrogen-bond acceptors (Lipinski definition) is 3. The van der Waals surface area contributed by atoms with E-state index in [1.165, 1.54) is 30.4 Å². The van der Waals surface area contributed by atoms with Gasteiger partial charge in [0.2, 0.25) is 0 Å². The molecule has 3 nitrogen and oxygen atoms in total. The molecule has 3 heteroatoms. The topological polar surface area (TPSA) is 38.7 Å². The van der Waals surface area contributed by atoms with Crippen LogP contribution in [0.1, 0.15) is 96.1 Å². The van der Waals surface area contributed by atoms with Crippen molar-refractivity contribution in [3.05, 3.63) is 29.3 Å². The lowest BCUT2D eigenvalue weighted by Crippen LogP contribution is -2.55. The molecule has 0 bridgehead atoms. The molecule has 1 N–H and O–H groups in total. The number of fused-ring (bicyclic) bond motifs is 5. The number of rotatable bonds is 8. The van der Waals surface area contributed by atoms with Crippen LogP contribution in [0.4, 0.5) is 0 Å². The Bertz CT molecular complexity index is 727. The highest BCUT2D eigenvalue weighted by Gasteiger charge is 2.61. The van der Waals surface area contributed by atoms with E-state index in [-0.39, 0.29) is 11.3 Å². The van der Waals surface area contributed by atoms with Crippen molar-refractivity contribution in [2.24, 2.45) is 17.3 Å². The van der Waals surface area contributed by atoms with Crippen molar-refractivity contribution in [1.29, 1.82) is 0 Å². The molecule has 6 atom stereocenters. The maximum atomic E-state index is 11.8. The summed E-state index contributed by atoms with van der Waals surface area (Å²) in [5, 5.41) is 11.8. The third kappa shape index (κ3) is 3.93. The van der Waals surface area contributed by atoms with Crippen LogP contribution in [-0.2, 0) is 11.2 Å². The zero-order valence-corrected chi connectivity index (χ0v) is 19.6. The Morgan fingerprint density at radius 1 is 1.03 bits per heavy atom. The number of unbranched alkanes of at least 4 members (excludes halogenated alkanes) is 2. The van der Waals surface area contributed by atoms with E-state index in [9.17, 15) is 5.11 Å². The van der Waals surface area contributed by atoms with Gasteiger partial charge in [0.05, 0.1) is 18.3 Å². The van der Waals surface area contributed by atoms with Gasteiger partial charge in [0.1, 0.15) is 5.75 Å². The van der Waals surface area contributed by atoms with Crippen LogP contribution >= 0.6 is 0 Å². The summed E-state index contributed by atoms with van der Waals surface area (Å²) >= 11 is 0. The Kier molecular flexibility index (Phi) is 6.51. The highest BCUT2D eigenvalue weighted by Crippen LogP contribution is 2.64. The predicted molar refractivity (Wildman–Crippen MR) is 122 cm³/mol. The number of benzene rings is 1. The van der Waals surface area contributed by atoms with Gasteiger partial charge in [0, 0.05) is 12.5 Å². The molecule has 4 rings (SSSR count). The average Bonchev–Trinajstić information content (AvgIpc) is 3.03. The van der Waals surface area contributed by atoms with E-state index in [0.717, 1.165) is 57.5 Å². The van der Waals surface area contributed by atoms with Crippen molar-refractivity contribution >= 4 is 0 Å². The fourth-order valence-electron chi connectivity index (χ4n) is 7.18. The fraction of sp³-hybridized carbons (Fsp3) is 0.778. The number of aryl methyl sites for hydroxylation is 1. The molecule has 2 fully saturated rings. The molecule has 0 aromatic heterocycles. The van der Waals surface area contributed by atoms with E-state index in [4.69, 9.17) is 9.47 Å². The Morgan fingerprint density at radius 2 is 1.80 bits per heavy atom. The first-order valence-corrected chi connectivity index (χ1v) is 12.5.